The van der Waals surface area contributed by atoms with E-state index >= 15 is 0 Å². The van der Waals surface area contributed by atoms with Gasteiger partial charge < -0.3 is 0 Å². The first-order valence-corrected chi connectivity index (χ1v) is 10.7. The number of aromatic nitrogens is 1. The molecular weight excluding hydrogens is 380 g/mol. The van der Waals surface area contributed by atoms with Crippen LogP contribution in [0.25, 0.3) is 10.6 Å². The Kier molecular flexibility index (Phi) is 6.24. The summed E-state index contributed by atoms with van der Waals surface area (Å²) in [6.07, 6.45) is 0.388. The summed E-state index contributed by atoms with van der Waals surface area (Å²) in [5.74, 6) is -0.658. The SMILES string of the molecule is CC(C)(C)CCS(=O)(=O)NC(=O)Cc1csc(-c2ccccc2Cl)n1. The van der Waals surface area contributed by atoms with Crippen LogP contribution in [0.15, 0.2) is 29.6 Å². The van der Waals surface area contributed by atoms with Crippen LogP contribution in [0.1, 0.15) is 32.9 Å². The summed E-state index contributed by atoms with van der Waals surface area (Å²) in [6.45, 7) is 5.86. The molecule has 0 saturated heterocycles. The molecule has 2 aromatic rings. The molecule has 1 amide bonds. The minimum atomic E-state index is -3.63. The van der Waals surface area contributed by atoms with Crippen LogP contribution in [-0.4, -0.2) is 25.1 Å². The molecule has 0 spiro atoms. The van der Waals surface area contributed by atoms with E-state index < -0.39 is 15.9 Å². The standard InChI is InChI=1S/C17H21ClN2O3S2/c1-17(2,3)8-9-25(22,23)20-15(21)10-12-11-24-16(19-12)13-6-4-5-7-14(13)18/h4-7,11H,8-10H2,1-3H3,(H,20,21). The van der Waals surface area contributed by atoms with Gasteiger partial charge in [-0.15, -0.1) is 11.3 Å². The van der Waals surface area contributed by atoms with Gasteiger partial charge >= 0.3 is 0 Å². The van der Waals surface area contributed by atoms with E-state index in [4.69, 9.17) is 11.6 Å². The third-order valence-electron chi connectivity index (χ3n) is 3.39. The zero-order valence-electron chi connectivity index (χ0n) is 14.4. The number of nitrogens with one attached hydrogen (secondary N) is 1. The fourth-order valence-corrected chi connectivity index (χ4v) is 4.55. The predicted molar refractivity (Wildman–Crippen MR) is 102 cm³/mol. The second-order valence-electron chi connectivity index (χ2n) is 6.96. The van der Waals surface area contributed by atoms with Gasteiger partial charge in [-0.05, 0) is 17.9 Å². The molecule has 0 aliphatic heterocycles. The van der Waals surface area contributed by atoms with Crippen LogP contribution in [0, 0.1) is 5.41 Å². The van der Waals surface area contributed by atoms with Gasteiger partial charge in [-0.2, -0.15) is 0 Å². The third-order valence-corrected chi connectivity index (χ3v) is 5.92. The molecule has 1 heterocycles. The van der Waals surface area contributed by atoms with Gasteiger partial charge in [0.05, 0.1) is 22.9 Å². The van der Waals surface area contributed by atoms with E-state index in [-0.39, 0.29) is 17.6 Å². The Morgan fingerprint density at radius 1 is 1.28 bits per heavy atom. The fourth-order valence-electron chi connectivity index (χ4n) is 2.01. The number of halogens is 1. The maximum atomic E-state index is 12.0. The summed E-state index contributed by atoms with van der Waals surface area (Å²) < 4.78 is 26.1. The zero-order chi connectivity index (χ0) is 18.7. The maximum Gasteiger partial charge on any atom is 0.239 e. The summed E-state index contributed by atoms with van der Waals surface area (Å²) in [7, 11) is -3.63. The van der Waals surface area contributed by atoms with Crippen molar-refractivity contribution < 1.29 is 13.2 Å². The normalized spacial score (nSPS) is 12.2. The summed E-state index contributed by atoms with van der Waals surface area (Å²) >= 11 is 7.51. The molecule has 5 nitrogen and oxygen atoms in total. The lowest BCUT2D eigenvalue weighted by atomic mass is 9.94. The van der Waals surface area contributed by atoms with Crippen molar-refractivity contribution in [3.8, 4) is 10.6 Å². The van der Waals surface area contributed by atoms with E-state index in [1.807, 2.05) is 39.0 Å². The number of rotatable bonds is 6. The molecule has 0 unspecified atom stereocenters. The zero-order valence-corrected chi connectivity index (χ0v) is 16.8. The molecule has 25 heavy (non-hydrogen) atoms. The molecule has 1 aromatic carbocycles. The Hall–Kier alpha value is -1.44. The lowest BCUT2D eigenvalue weighted by Gasteiger charge is -2.17. The Bertz CT molecular complexity index is 855. The maximum absolute atomic E-state index is 12.0. The van der Waals surface area contributed by atoms with E-state index in [2.05, 4.69) is 9.71 Å². The topological polar surface area (TPSA) is 76.1 Å². The number of nitrogens with zero attached hydrogens (tertiary/aromatic N) is 1. The van der Waals surface area contributed by atoms with Crippen LogP contribution in [0.3, 0.4) is 0 Å². The number of carbonyl (C=O) groups excluding carboxylic acids is 1. The highest BCUT2D eigenvalue weighted by molar-refractivity contribution is 7.90. The molecule has 0 bridgehead atoms. The summed E-state index contributed by atoms with van der Waals surface area (Å²) in [5.41, 5.74) is 1.19. The van der Waals surface area contributed by atoms with Crippen LogP contribution >= 0.6 is 22.9 Å². The van der Waals surface area contributed by atoms with E-state index in [0.29, 0.717) is 22.1 Å². The lowest BCUT2D eigenvalue weighted by Crippen LogP contribution is -2.34. The van der Waals surface area contributed by atoms with Crippen molar-refractivity contribution >= 4 is 38.9 Å². The van der Waals surface area contributed by atoms with Gasteiger partial charge in [-0.25, -0.2) is 13.4 Å². The number of benzene rings is 1. The number of hydrogen-bond donors (Lipinski definition) is 1. The number of sulfonamides is 1. The Morgan fingerprint density at radius 2 is 1.96 bits per heavy atom. The van der Waals surface area contributed by atoms with Crippen molar-refractivity contribution in [2.45, 2.75) is 33.6 Å². The largest absolute Gasteiger partial charge is 0.274 e. The van der Waals surface area contributed by atoms with Gasteiger partial charge in [-0.3, -0.25) is 9.52 Å². The summed E-state index contributed by atoms with van der Waals surface area (Å²) in [4.78, 5) is 16.4. The van der Waals surface area contributed by atoms with E-state index in [1.165, 1.54) is 11.3 Å². The molecule has 0 atom stereocenters. The Labute approximate surface area is 157 Å². The van der Waals surface area contributed by atoms with Crippen molar-refractivity contribution in [1.29, 1.82) is 0 Å². The lowest BCUT2D eigenvalue weighted by molar-refractivity contribution is -0.118. The third kappa shape index (κ3) is 6.41. The van der Waals surface area contributed by atoms with Gasteiger partial charge in [0.25, 0.3) is 0 Å². The predicted octanol–water partition coefficient (Wildman–Crippen LogP) is 3.89. The Balaban J connectivity index is 1.99. The molecule has 0 radical (unpaired) electrons. The van der Waals surface area contributed by atoms with Crippen LogP contribution in [0.2, 0.25) is 5.02 Å². The number of amides is 1. The average molecular weight is 401 g/mol. The highest BCUT2D eigenvalue weighted by atomic mass is 35.5. The van der Waals surface area contributed by atoms with Crippen molar-refractivity contribution in [2.24, 2.45) is 5.41 Å². The van der Waals surface area contributed by atoms with Gasteiger partial charge in [0.1, 0.15) is 5.01 Å². The monoisotopic (exact) mass is 400 g/mol. The highest BCUT2D eigenvalue weighted by Gasteiger charge is 2.20. The van der Waals surface area contributed by atoms with E-state index in [0.717, 1.165) is 5.56 Å². The molecule has 136 valence electrons. The van der Waals surface area contributed by atoms with Gasteiger partial charge in [0.15, 0.2) is 0 Å². The minimum Gasteiger partial charge on any atom is -0.274 e. The van der Waals surface area contributed by atoms with E-state index in [9.17, 15) is 13.2 Å². The minimum absolute atomic E-state index is 0.0792. The van der Waals surface area contributed by atoms with Crippen LogP contribution in [-0.2, 0) is 21.2 Å². The smallest absolute Gasteiger partial charge is 0.239 e. The fraction of sp³-hybridized carbons (Fsp3) is 0.412. The summed E-state index contributed by atoms with van der Waals surface area (Å²) in [5, 5.41) is 3.02. The molecule has 0 saturated carbocycles. The second-order valence-corrected chi connectivity index (χ2v) is 10.1. The molecule has 0 aliphatic rings. The first-order valence-electron chi connectivity index (χ1n) is 7.78. The van der Waals surface area contributed by atoms with Gasteiger partial charge in [-0.1, -0.05) is 50.6 Å². The molecule has 2 rings (SSSR count). The molecule has 0 fully saturated rings. The number of hydrogen-bond acceptors (Lipinski definition) is 5. The van der Waals surface area contributed by atoms with Gasteiger partial charge in [0, 0.05) is 10.9 Å². The average Bonchev–Trinajstić information content (AvgIpc) is 2.92. The molecular formula is C17H21ClN2O3S2. The molecule has 1 N–H and O–H groups in total. The first-order chi connectivity index (χ1) is 11.6. The number of carbonyl (C=O) groups is 1. The summed E-state index contributed by atoms with van der Waals surface area (Å²) in [6, 6.07) is 7.31. The second kappa shape index (κ2) is 7.85. The number of thiazole rings is 1. The Morgan fingerprint density at radius 3 is 2.60 bits per heavy atom. The van der Waals surface area contributed by atoms with Crippen LogP contribution in [0.4, 0.5) is 0 Å². The first kappa shape index (κ1) is 19.9. The molecule has 0 aliphatic carbocycles. The molecule has 8 heteroatoms. The van der Waals surface area contributed by atoms with Crippen molar-refractivity contribution in [3.05, 3.63) is 40.4 Å². The van der Waals surface area contributed by atoms with Crippen LogP contribution < -0.4 is 4.72 Å². The van der Waals surface area contributed by atoms with Gasteiger partial charge in [0.2, 0.25) is 15.9 Å². The molecule has 1 aromatic heterocycles. The van der Waals surface area contributed by atoms with Crippen LogP contribution in [0.5, 0.6) is 0 Å². The van der Waals surface area contributed by atoms with Crippen molar-refractivity contribution in [2.75, 3.05) is 5.75 Å². The highest BCUT2D eigenvalue weighted by Crippen LogP contribution is 2.30. The van der Waals surface area contributed by atoms with Crippen molar-refractivity contribution in [1.82, 2.24) is 9.71 Å². The van der Waals surface area contributed by atoms with Crippen molar-refractivity contribution in [3.63, 3.8) is 0 Å². The van der Waals surface area contributed by atoms with E-state index in [1.54, 1.807) is 11.4 Å². The quantitative estimate of drug-likeness (QED) is 0.798.